The summed E-state index contributed by atoms with van der Waals surface area (Å²) in [5.41, 5.74) is 7.31. The summed E-state index contributed by atoms with van der Waals surface area (Å²) in [7, 11) is 0. The minimum Gasteiger partial charge on any atom is -0.489 e. The number of alkyl halides is 2. The summed E-state index contributed by atoms with van der Waals surface area (Å²) >= 11 is 0. The number of halogens is 3. The van der Waals surface area contributed by atoms with E-state index in [4.69, 9.17) is 20.2 Å². The lowest BCUT2D eigenvalue weighted by Gasteiger charge is -2.22. The van der Waals surface area contributed by atoms with Gasteiger partial charge in [0.05, 0.1) is 6.10 Å². The van der Waals surface area contributed by atoms with Crippen LogP contribution in [0.2, 0.25) is 0 Å². The number of carbonyl (C=O) groups is 2. The Morgan fingerprint density at radius 3 is 2.67 bits per heavy atom. The third-order valence-corrected chi connectivity index (χ3v) is 9.01. The minimum atomic E-state index is -2.83. The van der Waals surface area contributed by atoms with Gasteiger partial charge in [0.1, 0.15) is 40.5 Å². The second kappa shape index (κ2) is 10.8. The van der Waals surface area contributed by atoms with Crippen LogP contribution in [0.3, 0.4) is 0 Å². The first kappa shape index (κ1) is 29.1. The molecule has 0 radical (unpaired) electrons. The van der Waals surface area contributed by atoms with Crippen LogP contribution in [0.25, 0.3) is 22.2 Å². The SMILES string of the molecule is Cc1cccc(-c2nc([C@@H](CNC(=O)c3cc(OC4CC4)c4nn(C(F)F)cc4c3)C3CC3)cc3c2OC[C@]3(C)C(N)=O)c1F. The number of benzene rings is 2. The highest BCUT2D eigenvalue weighted by Crippen LogP contribution is 2.48. The molecule has 1 aliphatic heterocycles. The van der Waals surface area contributed by atoms with Gasteiger partial charge in [-0.2, -0.15) is 13.9 Å². The van der Waals surface area contributed by atoms with E-state index in [1.807, 2.05) is 0 Å². The van der Waals surface area contributed by atoms with Crippen molar-refractivity contribution in [2.45, 2.75) is 63.5 Å². The summed E-state index contributed by atoms with van der Waals surface area (Å²) in [5, 5.41) is 7.33. The molecule has 2 saturated carbocycles. The normalized spacial score (nSPS) is 19.8. The fourth-order valence-electron chi connectivity index (χ4n) is 5.93. The molecule has 2 fully saturated rings. The number of ether oxygens (including phenoxy) is 2. The van der Waals surface area contributed by atoms with Crippen LogP contribution < -0.4 is 20.5 Å². The third-order valence-electron chi connectivity index (χ3n) is 9.01. The van der Waals surface area contributed by atoms with Gasteiger partial charge in [-0.1, -0.05) is 12.1 Å². The molecule has 45 heavy (non-hydrogen) atoms. The van der Waals surface area contributed by atoms with Crippen LogP contribution in [-0.2, 0) is 10.2 Å². The predicted molar refractivity (Wildman–Crippen MR) is 159 cm³/mol. The first-order chi connectivity index (χ1) is 21.5. The monoisotopic (exact) mass is 619 g/mol. The van der Waals surface area contributed by atoms with Crippen LogP contribution in [0.15, 0.2) is 42.6 Å². The Hall–Kier alpha value is -4.61. The molecule has 2 aromatic carbocycles. The molecular formula is C33H32F3N5O4. The van der Waals surface area contributed by atoms with Gasteiger partial charge in [0.15, 0.2) is 0 Å². The van der Waals surface area contributed by atoms with Crippen molar-refractivity contribution in [2.24, 2.45) is 11.7 Å². The lowest BCUT2D eigenvalue weighted by Crippen LogP contribution is -2.40. The molecule has 234 valence electrons. The zero-order chi connectivity index (χ0) is 31.6. The van der Waals surface area contributed by atoms with E-state index < -0.39 is 29.6 Å². The number of aryl methyl sites for hydroxylation is 1. The van der Waals surface area contributed by atoms with E-state index in [0.717, 1.165) is 25.7 Å². The first-order valence-electron chi connectivity index (χ1n) is 15.0. The number of primary amides is 1. The quantitative estimate of drug-likeness (QED) is 0.241. The van der Waals surface area contributed by atoms with E-state index in [1.165, 1.54) is 18.3 Å². The number of nitrogens with zero attached hydrogens (tertiary/aromatic N) is 3. The number of nitrogens with one attached hydrogen (secondary N) is 1. The van der Waals surface area contributed by atoms with E-state index in [9.17, 15) is 18.4 Å². The Labute approximate surface area is 256 Å². The van der Waals surface area contributed by atoms with Crippen molar-refractivity contribution in [3.63, 3.8) is 0 Å². The minimum absolute atomic E-state index is 0.00392. The Balaban J connectivity index is 1.23. The van der Waals surface area contributed by atoms with Crippen LogP contribution in [0.5, 0.6) is 11.5 Å². The molecule has 2 atom stereocenters. The maximum absolute atomic E-state index is 15.4. The van der Waals surface area contributed by atoms with Gasteiger partial charge < -0.3 is 20.5 Å². The molecule has 2 aromatic heterocycles. The van der Waals surface area contributed by atoms with Gasteiger partial charge in [-0.05, 0) is 75.3 Å². The molecule has 0 saturated heterocycles. The number of amides is 2. The highest BCUT2D eigenvalue weighted by atomic mass is 19.3. The molecule has 2 aliphatic carbocycles. The summed E-state index contributed by atoms with van der Waals surface area (Å²) in [6, 6.07) is 9.87. The average molecular weight is 620 g/mol. The Morgan fingerprint density at radius 1 is 1.20 bits per heavy atom. The summed E-state index contributed by atoms with van der Waals surface area (Å²) in [6.45, 7) is 0.734. The zero-order valence-corrected chi connectivity index (χ0v) is 24.8. The lowest BCUT2D eigenvalue weighted by molar-refractivity contribution is -0.123. The van der Waals surface area contributed by atoms with E-state index in [0.29, 0.717) is 32.6 Å². The fourth-order valence-corrected chi connectivity index (χ4v) is 5.93. The standard InChI is InChI=1S/C33H32F3N5O4/c1-16-4-3-5-21(26(16)34)28-29-23(33(2,15-44-29)31(37)43)12-24(39-28)22(17-6-7-17)13-38-30(42)18-10-19-14-41(32(35)36)40-27(19)25(11-18)45-20-8-9-20/h3-5,10-12,14,17,20,22,32H,6-9,13,15H2,1-2H3,(H2,37,43)(H,38,42)/t22-,33-/m0/s1. The van der Waals surface area contributed by atoms with Gasteiger partial charge in [0, 0.05) is 46.4 Å². The van der Waals surface area contributed by atoms with Gasteiger partial charge in [0.2, 0.25) is 5.91 Å². The average Bonchev–Trinajstić information content (AvgIpc) is 3.94. The van der Waals surface area contributed by atoms with Crippen LogP contribution >= 0.6 is 0 Å². The number of carbonyl (C=O) groups excluding carboxylic acids is 2. The van der Waals surface area contributed by atoms with E-state index >= 15 is 4.39 Å². The number of hydrogen-bond acceptors (Lipinski definition) is 6. The molecule has 3 aliphatic rings. The Kier molecular flexibility index (Phi) is 6.97. The Morgan fingerprint density at radius 2 is 1.98 bits per heavy atom. The van der Waals surface area contributed by atoms with E-state index in [-0.39, 0.29) is 59.2 Å². The summed E-state index contributed by atoms with van der Waals surface area (Å²) in [6.07, 6.45) is 4.68. The zero-order valence-electron chi connectivity index (χ0n) is 24.8. The second-order valence-electron chi connectivity index (χ2n) is 12.5. The molecule has 0 unspecified atom stereocenters. The maximum Gasteiger partial charge on any atom is 0.333 e. The molecule has 2 amide bonds. The van der Waals surface area contributed by atoms with Crippen molar-refractivity contribution in [1.82, 2.24) is 20.1 Å². The summed E-state index contributed by atoms with van der Waals surface area (Å²) in [5.74, 6) is -0.862. The number of fused-ring (bicyclic) bond motifs is 2. The fraction of sp³-hybridized carbons (Fsp3) is 0.394. The van der Waals surface area contributed by atoms with Gasteiger partial charge in [-0.3, -0.25) is 9.59 Å². The molecular weight excluding hydrogens is 587 g/mol. The number of aromatic nitrogens is 3. The van der Waals surface area contributed by atoms with E-state index in [2.05, 4.69) is 10.4 Å². The number of nitrogens with two attached hydrogens (primary N) is 1. The molecule has 7 rings (SSSR count). The number of hydrogen-bond donors (Lipinski definition) is 2. The lowest BCUT2D eigenvalue weighted by atomic mass is 9.82. The second-order valence-corrected chi connectivity index (χ2v) is 12.5. The summed E-state index contributed by atoms with van der Waals surface area (Å²) < 4.78 is 54.6. The smallest absolute Gasteiger partial charge is 0.333 e. The molecule has 4 aromatic rings. The van der Waals surface area contributed by atoms with Crippen molar-refractivity contribution in [1.29, 1.82) is 0 Å². The van der Waals surface area contributed by atoms with Crippen molar-refractivity contribution in [3.05, 3.63) is 70.8 Å². The molecule has 12 heteroatoms. The van der Waals surface area contributed by atoms with Crippen molar-refractivity contribution in [2.75, 3.05) is 13.2 Å². The largest absolute Gasteiger partial charge is 0.489 e. The van der Waals surface area contributed by atoms with Crippen molar-refractivity contribution in [3.8, 4) is 22.8 Å². The topological polar surface area (TPSA) is 121 Å². The highest BCUT2D eigenvalue weighted by Gasteiger charge is 2.45. The van der Waals surface area contributed by atoms with Crippen LogP contribution in [0.1, 0.15) is 72.3 Å². The third kappa shape index (κ3) is 5.25. The highest BCUT2D eigenvalue weighted by molar-refractivity contribution is 6.00. The number of rotatable bonds is 10. The van der Waals surface area contributed by atoms with Crippen LogP contribution in [0.4, 0.5) is 13.2 Å². The van der Waals surface area contributed by atoms with Gasteiger partial charge >= 0.3 is 6.55 Å². The number of pyridine rings is 1. The van der Waals surface area contributed by atoms with Crippen LogP contribution in [0, 0.1) is 18.7 Å². The molecule has 9 nitrogen and oxygen atoms in total. The molecule has 3 N–H and O–H groups in total. The summed E-state index contributed by atoms with van der Waals surface area (Å²) in [4.78, 5) is 31.0. The Bertz CT molecular complexity index is 1850. The maximum atomic E-state index is 15.4. The molecule has 0 bridgehead atoms. The van der Waals surface area contributed by atoms with E-state index in [1.54, 1.807) is 38.1 Å². The molecule has 0 spiro atoms. The van der Waals surface area contributed by atoms with Gasteiger partial charge in [-0.25, -0.2) is 14.1 Å². The van der Waals surface area contributed by atoms with Gasteiger partial charge in [-0.15, -0.1) is 0 Å². The van der Waals surface area contributed by atoms with Crippen LogP contribution in [-0.4, -0.2) is 45.8 Å². The van der Waals surface area contributed by atoms with Gasteiger partial charge in [0.25, 0.3) is 5.91 Å². The van der Waals surface area contributed by atoms with Crippen molar-refractivity contribution < 1.29 is 32.2 Å². The van der Waals surface area contributed by atoms with Crippen molar-refractivity contribution >= 4 is 22.7 Å². The first-order valence-corrected chi connectivity index (χ1v) is 15.0. The molecule has 3 heterocycles. The predicted octanol–water partition coefficient (Wildman–Crippen LogP) is 5.54.